The van der Waals surface area contributed by atoms with Crippen molar-refractivity contribution >= 4 is 11.7 Å². The van der Waals surface area contributed by atoms with Crippen LogP contribution in [0.3, 0.4) is 0 Å². The largest absolute Gasteiger partial charge is 0.493 e. The fourth-order valence-corrected chi connectivity index (χ4v) is 2.47. The van der Waals surface area contributed by atoms with Gasteiger partial charge < -0.3 is 20.7 Å². The summed E-state index contributed by atoms with van der Waals surface area (Å²) in [6.45, 7) is 4.59. The highest BCUT2D eigenvalue weighted by Gasteiger charge is 2.15. The zero-order chi connectivity index (χ0) is 18.8. The van der Waals surface area contributed by atoms with Crippen LogP contribution in [-0.4, -0.2) is 49.4 Å². The van der Waals surface area contributed by atoms with E-state index < -0.39 is 0 Å². The van der Waals surface area contributed by atoms with Gasteiger partial charge in [0, 0.05) is 24.7 Å². The molecule has 0 aromatic heterocycles. The van der Waals surface area contributed by atoms with Crippen molar-refractivity contribution in [1.29, 1.82) is 5.41 Å². The summed E-state index contributed by atoms with van der Waals surface area (Å²) in [7, 11) is 3.83. The van der Waals surface area contributed by atoms with E-state index >= 15 is 0 Å². The molecule has 0 heterocycles. The van der Waals surface area contributed by atoms with Crippen LogP contribution in [0.25, 0.3) is 0 Å². The van der Waals surface area contributed by atoms with Gasteiger partial charge in [-0.2, -0.15) is 0 Å². The molecule has 0 saturated carbocycles. The van der Waals surface area contributed by atoms with Crippen LogP contribution in [0.5, 0.6) is 5.75 Å². The maximum atomic E-state index is 12.3. The lowest BCUT2D eigenvalue weighted by Crippen LogP contribution is -2.36. The Kier molecular flexibility index (Phi) is 8.99. The number of nitrogens with two attached hydrogens (primary N) is 1. The van der Waals surface area contributed by atoms with E-state index in [4.69, 9.17) is 15.9 Å². The highest BCUT2D eigenvalue weighted by Crippen LogP contribution is 2.13. The zero-order valence-electron chi connectivity index (χ0n) is 15.8. The highest BCUT2D eigenvalue weighted by molar-refractivity contribution is 5.94. The second-order valence-corrected chi connectivity index (χ2v) is 6.51. The topological polar surface area (TPSA) is 91.4 Å². The number of hydrogen-bond donors (Lipinski definition) is 3. The van der Waals surface area contributed by atoms with Crippen LogP contribution in [0.2, 0.25) is 0 Å². The summed E-state index contributed by atoms with van der Waals surface area (Å²) in [4.78, 5) is 14.1. The predicted octanol–water partition coefficient (Wildman–Crippen LogP) is 2.36. The molecule has 0 bridgehead atoms. The first-order chi connectivity index (χ1) is 11.8. The average Bonchev–Trinajstić information content (AvgIpc) is 2.60. The Balaban J connectivity index is 2.31. The molecular weight excluding hydrogens is 316 g/mol. The minimum Gasteiger partial charge on any atom is -0.493 e. The van der Waals surface area contributed by atoms with Crippen LogP contribution < -0.4 is 15.8 Å². The fourth-order valence-electron chi connectivity index (χ4n) is 2.47. The number of nitrogens with zero attached hydrogens (tertiary/aromatic N) is 1. The number of amides is 1. The van der Waals surface area contributed by atoms with Crippen LogP contribution in [-0.2, 0) is 4.79 Å². The molecule has 6 nitrogen and oxygen atoms in total. The van der Waals surface area contributed by atoms with Gasteiger partial charge in [-0.05, 0) is 64.4 Å². The number of nitrogens with one attached hydrogen (secondary N) is 2. The maximum absolute atomic E-state index is 12.3. The van der Waals surface area contributed by atoms with Crippen LogP contribution in [0.4, 0.5) is 0 Å². The van der Waals surface area contributed by atoms with E-state index in [2.05, 4.69) is 19.2 Å². The maximum Gasteiger partial charge on any atom is 0.225 e. The Morgan fingerprint density at radius 1 is 1.28 bits per heavy atom. The van der Waals surface area contributed by atoms with Crippen molar-refractivity contribution in [1.82, 2.24) is 10.2 Å². The molecule has 0 spiro atoms. The van der Waals surface area contributed by atoms with Gasteiger partial charge in [-0.3, -0.25) is 10.2 Å². The zero-order valence-corrected chi connectivity index (χ0v) is 15.8. The van der Waals surface area contributed by atoms with E-state index in [-0.39, 0.29) is 17.8 Å². The SMILES string of the molecule is CN[C@H](C)CCC[C@@H](C)N(C)C(=O)CCOc1ccc(C(=N)N)cc1. The first kappa shape index (κ1) is 21.0. The van der Waals surface area contributed by atoms with Gasteiger partial charge in [-0.25, -0.2) is 0 Å². The van der Waals surface area contributed by atoms with E-state index in [0.29, 0.717) is 30.4 Å². The number of rotatable bonds is 11. The van der Waals surface area contributed by atoms with Gasteiger partial charge in [0.1, 0.15) is 11.6 Å². The summed E-state index contributed by atoms with van der Waals surface area (Å²) in [5.41, 5.74) is 6.07. The first-order valence-corrected chi connectivity index (χ1v) is 8.85. The summed E-state index contributed by atoms with van der Waals surface area (Å²) in [5.74, 6) is 0.797. The number of carbonyl (C=O) groups excluding carboxylic acids is 1. The van der Waals surface area contributed by atoms with Gasteiger partial charge >= 0.3 is 0 Å². The number of nitrogen functional groups attached to an aromatic ring is 1. The second kappa shape index (κ2) is 10.7. The van der Waals surface area contributed by atoms with Gasteiger partial charge in [0.25, 0.3) is 0 Å². The molecule has 1 rings (SSSR count). The Morgan fingerprint density at radius 3 is 2.48 bits per heavy atom. The van der Waals surface area contributed by atoms with Crippen molar-refractivity contribution in [2.45, 2.75) is 51.6 Å². The van der Waals surface area contributed by atoms with Crippen molar-refractivity contribution in [3.05, 3.63) is 29.8 Å². The number of amidine groups is 1. The molecule has 25 heavy (non-hydrogen) atoms. The molecule has 0 radical (unpaired) electrons. The third kappa shape index (κ3) is 7.56. The van der Waals surface area contributed by atoms with Crippen LogP contribution in [0, 0.1) is 5.41 Å². The highest BCUT2D eigenvalue weighted by atomic mass is 16.5. The molecule has 6 heteroatoms. The van der Waals surface area contributed by atoms with E-state index in [0.717, 1.165) is 19.3 Å². The standard InChI is InChI=1S/C19H32N4O2/c1-14(22-3)6-5-7-15(2)23(4)18(24)12-13-25-17-10-8-16(9-11-17)19(20)21/h8-11,14-15,22H,5-7,12-13H2,1-4H3,(H3,20,21)/t14-,15-/m1/s1. The molecule has 0 fully saturated rings. The summed E-state index contributed by atoms with van der Waals surface area (Å²) < 4.78 is 5.60. The molecule has 0 aliphatic carbocycles. The molecule has 0 saturated heterocycles. The number of hydrogen-bond acceptors (Lipinski definition) is 4. The minimum atomic E-state index is 0.0291. The van der Waals surface area contributed by atoms with Gasteiger partial charge in [0.2, 0.25) is 5.91 Å². The molecule has 2 atom stereocenters. The van der Waals surface area contributed by atoms with Crippen molar-refractivity contribution < 1.29 is 9.53 Å². The van der Waals surface area contributed by atoms with Crippen molar-refractivity contribution in [2.75, 3.05) is 20.7 Å². The van der Waals surface area contributed by atoms with Gasteiger partial charge in [-0.15, -0.1) is 0 Å². The molecule has 140 valence electrons. The molecule has 0 unspecified atom stereocenters. The lowest BCUT2D eigenvalue weighted by atomic mass is 10.1. The van der Waals surface area contributed by atoms with E-state index in [9.17, 15) is 4.79 Å². The fraction of sp³-hybridized carbons (Fsp3) is 0.579. The Bertz CT molecular complexity index is 545. The molecule has 4 N–H and O–H groups in total. The summed E-state index contributed by atoms with van der Waals surface area (Å²) in [6, 6.07) is 7.73. The summed E-state index contributed by atoms with van der Waals surface area (Å²) >= 11 is 0. The minimum absolute atomic E-state index is 0.0291. The second-order valence-electron chi connectivity index (χ2n) is 6.51. The van der Waals surface area contributed by atoms with Gasteiger partial charge in [0.15, 0.2) is 0 Å². The molecule has 0 aliphatic heterocycles. The van der Waals surface area contributed by atoms with Gasteiger partial charge in [0.05, 0.1) is 13.0 Å². The van der Waals surface area contributed by atoms with E-state index in [1.165, 1.54) is 0 Å². The number of carbonyl (C=O) groups is 1. The van der Waals surface area contributed by atoms with E-state index in [1.54, 1.807) is 24.3 Å². The third-order valence-electron chi connectivity index (χ3n) is 4.56. The number of ether oxygens (including phenoxy) is 1. The summed E-state index contributed by atoms with van der Waals surface area (Å²) in [6.07, 6.45) is 3.56. The Morgan fingerprint density at radius 2 is 1.92 bits per heavy atom. The Labute approximate surface area is 151 Å². The van der Waals surface area contributed by atoms with Crippen molar-refractivity contribution in [3.63, 3.8) is 0 Å². The molecule has 1 amide bonds. The third-order valence-corrected chi connectivity index (χ3v) is 4.56. The molecule has 1 aromatic rings. The monoisotopic (exact) mass is 348 g/mol. The number of benzene rings is 1. The molecule has 1 aromatic carbocycles. The van der Waals surface area contributed by atoms with Gasteiger partial charge in [-0.1, -0.05) is 0 Å². The van der Waals surface area contributed by atoms with E-state index in [1.807, 2.05) is 19.0 Å². The first-order valence-electron chi connectivity index (χ1n) is 8.85. The predicted molar refractivity (Wildman–Crippen MR) is 102 cm³/mol. The lowest BCUT2D eigenvalue weighted by Gasteiger charge is -2.25. The van der Waals surface area contributed by atoms with Crippen molar-refractivity contribution in [2.24, 2.45) is 5.73 Å². The quantitative estimate of drug-likeness (QED) is 0.423. The molecular formula is C19H32N4O2. The van der Waals surface area contributed by atoms with Crippen LogP contribution in [0.15, 0.2) is 24.3 Å². The smallest absolute Gasteiger partial charge is 0.225 e. The summed E-state index contributed by atoms with van der Waals surface area (Å²) in [5, 5.41) is 10.6. The lowest BCUT2D eigenvalue weighted by molar-refractivity contribution is -0.132. The van der Waals surface area contributed by atoms with Crippen LogP contribution in [0.1, 0.15) is 45.1 Å². The molecule has 0 aliphatic rings. The average molecular weight is 348 g/mol. The van der Waals surface area contributed by atoms with Crippen molar-refractivity contribution in [3.8, 4) is 5.75 Å². The van der Waals surface area contributed by atoms with Crippen LogP contribution >= 0.6 is 0 Å². The Hall–Kier alpha value is -2.08. The normalized spacial score (nSPS) is 13.1.